The summed E-state index contributed by atoms with van der Waals surface area (Å²) in [6, 6.07) is 10.1. The molecular formula is C25H21N9O. The summed E-state index contributed by atoms with van der Waals surface area (Å²) in [5.41, 5.74) is 4.82. The van der Waals surface area contributed by atoms with Gasteiger partial charge in [-0.05, 0) is 18.4 Å². The van der Waals surface area contributed by atoms with Crippen LogP contribution in [0.5, 0.6) is 5.88 Å². The van der Waals surface area contributed by atoms with E-state index in [0.717, 1.165) is 52.1 Å². The summed E-state index contributed by atoms with van der Waals surface area (Å²) >= 11 is 0. The molecule has 0 spiro atoms. The first-order chi connectivity index (χ1) is 17.1. The molecule has 4 heterocycles. The topological polar surface area (TPSA) is 120 Å². The van der Waals surface area contributed by atoms with Crippen LogP contribution in [0.4, 0.5) is 0 Å². The van der Waals surface area contributed by atoms with Crippen molar-refractivity contribution in [2.45, 2.75) is 25.3 Å². The Morgan fingerprint density at radius 1 is 1.09 bits per heavy atom. The number of rotatable bonds is 6. The number of fused-ring (bicyclic) bond motifs is 1. The summed E-state index contributed by atoms with van der Waals surface area (Å²) in [6.07, 6.45) is 9.00. The smallest absolute Gasteiger partial charge is 0.227 e. The van der Waals surface area contributed by atoms with Crippen LogP contribution in [0.3, 0.4) is 0 Å². The fourth-order valence-corrected chi connectivity index (χ4v) is 4.24. The number of hydrogen-bond donors (Lipinski definition) is 0. The maximum Gasteiger partial charge on any atom is 0.227 e. The quantitative estimate of drug-likeness (QED) is 0.375. The molecule has 0 aliphatic heterocycles. The molecule has 1 saturated carbocycles. The van der Waals surface area contributed by atoms with Gasteiger partial charge in [0.25, 0.3) is 0 Å². The van der Waals surface area contributed by atoms with Crippen LogP contribution in [0.15, 0.2) is 49.2 Å². The second-order valence-electron chi connectivity index (χ2n) is 8.56. The van der Waals surface area contributed by atoms with Crippen LogP contribution < -0.4 is 4.74 Å². The minimum absolute atomic E-state index is 0.396. The normalized spacial score (nSPS) is 13.2. The van der Waals surface area contributed by atoms with E-state index < -0.39 is 0 Å². The van der Waals surface area contributed by atoms with E-state index in [1.54, 1.807) is 25.7 Å². The van der Waals surface area contributed by atoms with Crippen molar-refractivity contribution in [1.29, 1.82) is 5.26 Å². The van der Waals surface area contributed by atoms with Crippen molar-refractivity contribution >= 4 is 11.0 Å². The lowest BCUT2D eigenvalue weighted by Crippen LogP contribution is -2.05. The van der Waals surface area contributed by atoms with Crippen molar-refractivity contribution in [2.75, 3.05) is 7.11 Å². The van der Waals surface area contributed by atoms with E-state index >= 15 is 0 Å². The van der Waals surface area contributed by atoms with Gasteiger partial charge < -0.3 is 9.30 Å². The van der Waals surface area contributed by atoms with E-state index in [4.69, 9.17) is 15.0 Å². The number of benzene rings is 1. The monoisotopic (exact) mass is 463 g/mol. The van der Waals surface area contributed by atoms with Gasteiger partial charge in [0, 0.05) is 30.9 Å². The van der Waals surface area contributed by atoms with Gasteiger partial charge in [0.05, 0.1) is 30.9 Å². The van der Waals surface area contributed by atoms with Gasteiger partial charge in [-0.25, -0.2) is 29.6 Å². The van der Waals surface area contributed by atoms with Crippen LogP contribution >= 0.6 is 0 Å². The van der Waals surface area contributed by atoms with Crippen LogP contribution in [-0.4, -0.2) is 46.4 Å². The number of hydrogen-bond acceptors (Lipinski definition) is 8. The van der Waals surface area contributed by atoms with Crippen molar-refractivity contribution in [1.82, 2.24) is 39.3 Å². The molecule has 0 atom stereocenters. The molecule has 35 heavy (non-hydrogen) atoms. The van der Waals surface area contributed by atoms with Gasteiger partial charge in [0.15, 0.2) is 17.2 Å². The Morgan fingerprint density at radius 3 is 2.63 bits per heavy atom. The van der Waals surface area contributed by atoms with Crippen molar-refractivity contribution in [3.63, 3.8) is 0 Å². The fraction of sp³-hybridized carbons (Fsp3) is 0.240. The zero-order valence-corrected chi connectivity index (χ0v) is 19.3. The highest BCUT2D eigenvalue weighted by molar-refractivity contribution is 5.77. The number of ether oxygens (including phenoxy) is 1. The van der Waals surface area contributed by atoms with E-state index in [1.807, 2.05) is 40.6 Å². The molecule has 0 unspecified atom stereocenters. The van der Waals surface area contributed by atoms with Gasteiger partial charge in [-0.15, -0.1) is 0 Å². The highest BCUT2D eigenvalue weighted by Crippen LogP contribution is 2.44. The predicted octanol–water partition coefficient (Wildman–Crippen LogP) is 3.49. The lowest BCUT2D eigenvalue weighted by molar-refractivity contribution is 0.397. The predicted molar refractivity (Wildman–Crippen MR) is 127 cm³/mol. The molecule has 0 saturated heterocycles. The number of aryl methyl sites for hydroxylation is 1. The third-order valence-corrected chi connectivity index (χ3v) is 6.13. The maximum atomic E-state index is 9.10. The van der Waals surface area contributed by atoms with Crippen LogP contribution in [-0.2, 0) is 13.6 Å². The molecule has 4 aromatic heterocycles. The van der Waals surface area contributed by atoms with E-state index in [0.29, 0.717) is 29.9 Å². The molecule has 10 heteroatoms. The Morgan fingerprint density at radius 2 is 1.91 bits per heavy atom. The highest BCUT2D eigenvalue weighted by atomic mass is 16.5. The lowest BCUT2D eigenvalue weighted by Gasteiger charge is -2.11. The Labute approximate surface area is 200 Å². The molecule has 172 valence electrons. The SMILES string of the molecule is COc1ncnc(C2CC2)c1-c1ncc2cnn(Cc3ccc(-c4nc(C#N)cn4C)cc3)c2n1. The number of imidazole rings is 1. The lowest BCUT2D eigenvalue weighted by atomic mass is 10.1. The van der Waals surface area contributed by atoms with Crippen LogP contribution in [0.25, 0.3) is 33.8 Å². The largest absolute Gasteiger partial charge is 0.480 e. The Kier molecular flexibility index (Phi) is 4.95. The molecule has 1 aliphatic rings. The summed E-state index contributed by atoms with van der Waals surface area (Å²) in [7, 11) is 3.48. The number of aromatic nitrogens is 8. The van der Waals surface area contributed by atoms with Crippen molar-refractivity contribution in [2.24, 2.45) is 7.05 Å². The maximum absolute atomic E-state index is 9.10. The average molecular weight is 464 g/mol. The van der Waals surface area contributed by atoms with E-state index in [-0.39, 0.29) is 0 Å². The molecule has 0 amide bonds. The molecule has 0 bridgehead atoms. The molecule has 6 rings (SSSR count). The standard InChI is InChI=1S/C25H21N9O/c1-33-13-19(9-26)31-23(33)17-5-3-15(4-6-17)12-34-24-18(11-30-34)10-27-22(32-24)20-21(16-7-8-16)28-14-29-25(20)35-2/h3-6,10-11,13-14,16H,7-8,12H2,1-2H3. The highest BCUT2D eigenvalue weighted by Gasteiger charge is 2.31. The molecule has 1 fully saturated rings. The summed E-state index contributed by atoms with van der Waals surface area (Å²) in [4.78, 5) is 22.6. The molecular weight excluding hydrogens is 442 g/mol. The van der Waals surface area contributed by atoms with E-state index in [1.165, 1.54) is 6.33 Å². The van der Waals surface area contributed by atoms with Gasteiger partial charge >= 0.3 is 0 Å². The Balaban J connectivity index is 1.33. The zero-order chi connectivity index (χ0) is 23.9. The van der Waals surface area contributed by atoms with Crippen molar-refractivity contribution in [3.05, 3.63) is 66.1 Å². The van der Waals surface area contributed by atoms with Crippen molar-refractivity contribution in [3.8, 4) is 34.7 Å². The van der Waals surface area contributed by atoms with Gasteiger partial charge in [0.2, 0.25) is 5.88 Å². The Hall–Kier alpha value is -4.65. The minimum atomic E-state index is 0.396. The van der Waals surface area contributed by atoms with E-state index in [2.05, 4.69) is 31.1 Å². The molecule has 10 nitrogen and oxygen atoms in total. The molecule has 5 aromatic rings. The average Bonchev–Trinajstić information content (AvgIpc) is 3.57. The first-order valence-corrected chi connectivity index (χ1v) is 11.2. The fourth-order valence-electron chi connectivity index (χ4n) is 4.24. The van der Waals surface area contributed by atoms with Gasteiger partial charge in [0.1, 0.15) is 23.8 Å². The summed E-state index contributed by atoms with van der Waals surface area (Å²) in [6.45, 7) is 0.544. The van der Waals surface area contributed by atoms with Gasteiger partial charge in [-0.3, -0.25) is 0 Å². The number of nitriles is 1. The van der Waals surface area contributed by atoms with Crippen LogP contribution in [0, 0.1) is 11.3 Å². The summed E-state index contributed by atoms with van der Waals surface area (Å²) in [5.74, 6) is 2.17. The third-order valence-electron chi connectivity index (χ3n) is 6.13. The summed E-state index contributed by atoms with van der Waals surface area (Å²) in [5, 5.41) is 14.5. The second kappa shape index (κ2) is 8.29. The molecule has 1 aromatic carbocycles. The van der Waals surface area contributed by atoms with E-state index in [9.17, 15) is 0 Å². The van der Waals surface area contributed by atoms with Crippen molar-refractivity contribution < 1.29 is 4.74 Å². The third kappa shape index (κ3) is 3.77. The molecule has 0 N–H and O–H groups in total. The minimum Gasteiger partial charge on any atom is -0.480 e. The zero-order valence-electron chi connectivity index (χ0n) is 19.3. The van der Waals surface area contributed by atoms with Gasteiger partial charge in [-0.1, -0.05) is 24.3 Å². The number of methoxy groups -OCH3 is 1. The first kappa shape index (κ1) is 20.9. The molecule has 1 aliphatic carbocycles. The summed E-state index contributed by atoms with van der Waals surface area (Å²) < 4.78 is 9.23. The second-order valence-corrected chi connectivity index (χ2v) is 8.56. The number of nitrogens with zero attached hydrogens (tertiary/aromatic N) is 9. The molecule has 0 radical (unpaired) electrons. The first-order valence-electron chi connectivity index (χ1n) is 11.2. The Bertz CT molecular complexity index is 1590. The van der Waals surface area contributed by atoms with Gasteiger partial charge in [-0.2, -0.15) is 10.4 Å². The van der Waals surface area contributed by atoms with Crippen LogP contribution in [0.2, 0.25) is 0 Å². The van der Waals surface area contributed by atoms with Crippen LogP contribution in [0.1, 0.15) is 35.7 Å².